The molecule has 2 N–H and O–H groups in total. The molecule has 0 radical (unpaired) electrons. The summed E-state index contributed by atoms with van der Waals surface area (Å²) in [5.74, 6) is 0.765. The van der Waals surface area contributed by atoms with Gasteiger partial charge in [0.05, 0.1) is 25.1 Å². The summed E-state index contributed by atoms with van der Waals surface area (Å²) in [6.45, 7) is 4.61. The molecule has 3 rings (SSSR count). The molecule has 0 bridgehead atoms. The van der Waals surface area contributed by atoms with Crippen LogP contribution in [0.3, 0.4) is 0 Å². The summed E-state index contributed by atoms with van der Waals surface area (Å²) in [6.07, 6.45) is 1.14. The SMILES string of the molecule is CN=C(NCc1ccccc1NS(C)(=O)=O)N1CCOC(c2ccccc2C)C1.I. The Kier molecular flexibility index (Phi) is 8.92. The van der Waals surface area contributed by atoms with Gasteiger partial charge < -0.3 is 15.0 Å². The highest BCUT2D eigenvalue weighted by Crippen LogP contribution is 2.25. The highest BCUT2D eigenvalue weighted by Gasteiger charge is 2.25. The molecule has 30 heavy (non-hydrogen) atoms. The first-order valence-electron chi connectivity index (χ1n) is 9.56. The van der Waals surface area contributed by atoms with Crippen molar-refractivity contribution in [3.05, 3.63) is 65.2 Å². The number of nitrogens with one attached hydrogen (secondary N) is 2. The van der Waals surface area contributed by atoms with E-state index in [4.69, 9.17) is 4.74 Å². The topological polar surface area (TPSA) is 83.0 Å². The first kappa shape index (κ1) is 24.4. The number of para-hydroxylation sites is 1. The third-order valence-corrected chi connectivity index (χ3v) is 5.45. The van der Waals surface area contributed by atoms with Crippen LogP contribution in [0.15, 0.2) is 53.5 Å². The second-order valence-electron chi connectivity index (χ2n) is 7.09. The second-order valence-corrected chi connectivity index (χ2v) is 8.84. The number of halogens is 1. The van der Waals surface area contributed by atoms with Crippen molar-refractivity contribution in [2.75, 3.05) is 37.7 Å². The van der Waals surface area contributed by atoms with Gasteiger partial charge in [-0.25, -0.2) is 8.42 Å². The number of aryl methyl sites for hydroxylation is 1. The Morgan fingerprint density at radius 1 is 1.20 bits per heavy atom. The van der Waals surface area contributed by atoms with Crippen LogP contribution in [0, 0.1) is 6.92 Å². The Balaban J connectivity index is 0.00000320. The molecule has 2 aromatic rings. The van der Waals surface area contributed by atoms with Crippen molar-refractivity contribution in [3.63, 3.8) is 0 Å². The van der Waals surface area contributed by atoms with Crippen LogP contribution in [0.1, 0.15) is 22.8 Å². The maximum Gasteiger partial charge on any atom is 0.229 e. The number of benzene rings is 2. The van der Waals surface area contributed by atoms with Gasteiger partial charge in [0.15, 0.2) is 5.96 Å². The number of rotatable bonds is 5. The summed E-state index contributed by atoms with van der Waals surface area (Å²) in [5.41, 5.74) is 3.82. The number of morpholine rings is 1. The molecule has 164 valence electrons. The highest BCUT2D eigenvalue weighted by molar-refractivity contribution is 14.0. The molecule has 2 aromatic carbocycles. The molecule has 0 aromatic heterocycles. The smallest absolute Gasteiger partial charge is 0.229 e. The van der Waals surface area contributed by atoms with Crippen LogP contribution in [0.2, 0.25) is 0 Å². The van der Waals surface area contributed by atoms with Gasteiger partial charge in [-0.3, -0.25) is 9.71 Å². The zero-order valence-corrected chi connectivity index (χ0v) is 20.6. The minimum absolute atomic E-state index is 0. The lowest BCUT2D eigenvalue weighted by molar-refractivity contribution is -0.00833. The lowest BCUT2D eigenvalue weighted by atomic mass is 10.0. The predicted octanol–water partition coefficient (Wildman–Crippen LogP) is 3.13. The minimum atomic E-state index is -3.34. The van der Waals surface area contributed by atoms with Crippen LogP contribution in [0.5, 0.6) is 0 Å². The van der Waals surface area contributed by atoms with Gasteiger partial charge in [-0.2, -0.15) is 0 Å². The number of anilines is 1. The van der Waals surface area contributed by atoms with Crippen molar-refractivity contribution in [1.82, 2.24) is 10.2 Å². The maximum absolute atomic E-state index is 11.6. The molecule has 9 heteroatoms. The third-order valence-electron chi connectivity index (χ3n) is 4.86. The molecule has 1 unspecified atom stereocenters. The Morgan fingerprint density at radius 2 is 1.90 bits per heavy atom. The van der Waals surface area contributed by atoms with Crippen molar-refractivity contribution in [3.8, 4) is 0 Å². The van der Waals surface area contributed by atoms with Crippen LogP contribution >= 0.6 is 24.0 Å². The van der Waals surface area contributed by atoms with E-state index in [-0.39, 0.29) is 30.1 Å². The normalized spacial score (nSPS) is 17.2. The van der Waals surface area contributed by atoms with Gasteiger partial charge in [-0.1, -0.05) is 42.5 Å². The summed E-state index contributed by atoms with van der Waals surface area (Å²) < 4.78 is 31.8. The van der Waals surface area contributed by atoms with E-state index in [9.17, 15) is 8.42 Å². The van der Waals surface area contributed by atoms with Crippen LogP contribution in [0.25, 0.3) is 0 Å². The van der Waals surface area contributed by atoms with E-state index in [0.29, 0.717) is 25.4 Å². The first-order valence-corrected chi connectivity index (χ1v) is 11.4. The Bertz CT molecular complexity index is 982. The van der Waals surface area contributed by atoms with Crippen molar-refractivity contribution in [2.45, 2.75) is 19.6 Å². The van der Waals surface area contributed by atoms with E-state index in [1.165, 1.54) is 11.1 Å². The molecule has 0 amide bonds. The summed E-state index contributed by atoms with van der Waals surface area (Å²) in [5, 5.41) is 3.35. The maximum atomic E-state index is 11.6. The molecule has 0 saturated carbocycles. The standard InChI is InChI=1S/C21H28N4O3S.HI/c1-16-8-4-6-10-18(16)20-15-25(12-13-28-20)21(22-2)23-14-17-9-5-7-11-19(17)24-29(3,26)27;/h4-11,20,24H,12-15H2,1-3H3,(H,22,23);1H. The van der Waals surface area contributed by atoms with Gasteiger partial charge >= 0.3 is 0 Å². The first-order chi connectivity index (χ1) is 13.9. The van der Waals surface area contributed by atoms with Crippen LogP contribution in [-0.2, 0) is 21.3 Å². The zero-order chi connectivity index (χ0) is 20.9. The molecule has 0 spiro atoms. The largest absolute Gasteiger partial charge is 0.370 e. The lowest BCUT2D eigenvalue weighted by Crippen LogP contribution is -2.48. The third kappa shape index (κ3) is 6.58. The highest BCUT2D eigenvalue weighted by atomic mass is 127. The minimum Gasteiger partial charge on any atom is -0.370 e. The average molecular weight is 544 g/mol. The number of guanidine groups is 1. The molecule has 1 atom stereocenters. The van der Waals surface area contributed by atoms with Gasteiger partial charge in [-0.15, -0.1) is 24.0 Å². The molecule has 1 heterocycles. The van der Waals surface area contributed by atoms with E-state index >= 15 is 0 Å². The van der Waals surface area contributed by atoms with Crippen molar-refractivity contribution >= 4 is 45.6 Å². The number of sulfonamides is 1. The molecule has 1 saturated heterocycles. The van der Waals surface area contributed by atoms with Crippen molar-refractivity contribution in [1.29, 1.82) is 0 Å². The number of hydrogen-bond donors (Lipinski definition) is 2. The van der Waals surface area contributed by atoms with Crippen LogP contribution in [0.4, 0.5) is 5.69 Å². The summed E-state index contributed by atoms with van der Waals surface area (Å²) in [6, 6.07) is 15.6. The van der Waals surface area contributed by atoms with E-state index < -0.39 is 10.0 Å². The summed E-state index contributed by atoms with van der Waals surface area (Å²) in [4.78, 5) is 6.59. The number of hydrogen-bond acceptors (Lipinski definition) is 4. The van der Waals surface area contributed by atoms with Gasteiger partial charge in [-0.05, 0) is 29.7 Å². The number of nitrogens with zero attached hydrogens (tertiary/aromatic N) is 2. The molecule has 1 aliphatic rings. The second kappa shape index (κ2) is 11.0. The number of aliphatic imine (C=N–C) groups is 1. The van der Waals surface area contributed by atoms with E-state index in [1.54, 1.807) is 19.2 Å². The summed E-state index contributed by atoms with van der Waals surface area (Å²) in [7, 11) is -1.59. The lowest BCUT2D eigenvalue weighted by Gasteiger charge is -2.35. The fourth-order valence-electron chi connectivity index (χ4n) is 3.46. The fourth-order valence-corrected chi connectivity index (χ4v) is 4.06. The zero-order valence-electron chi connectivity index (χ0n) is 17.5. The molecule has 1 fully saturated rings. The molecular formula is C21H29IN4O3S. The Labute approximate surface area is 196 Å². The van der Waals surface area contributed by atoms with Crippen LogP contribution in [-0.4, -0.2) is 52.3 Å². The van der Waals surface area contributed by atoms with E-state index in [0.717, 1.165) is 24.3 Å². The van der Waals surface area contributed by atoms with Gasteiger partial charge in [0.1, 0.15) is 6.10 Å². The molecule has 1 aliphatic heterocycles. The average Bonchev–Trinajstić information content (AvgIpc) is 2.69. The van der Waals surface area contributed by atoms with Gasteiger partial charge in [0, 0.05) is 20.1 Å². The van der Waals surface area contributed by atoms with Gasteiger partial charge in [0.25, 0.3) is 0 Å². The monoisotopic (exact) mass is 544 g/mol. The molecule has 0 aliphatic carbocycles. The van der Waals surface area contributed by atoms with Crippen molar-refractivity contribution in [2.24, 2.45) is 4.99 Å². The van der Waals surface area contributed by atoms with Crippen LogP contribution < -0.4 is 10.0 Å². The molecule has 7 nitrogen and oxygen atoms in total. The molecular weight excluding hydrogens is 515 g/mol. The Morgan fingerprint density at radius 3 is 2.60 bits per heavy atom. The van der Waals surface area contributed by atoms with E-state index in [2.05, 4.69) is 39.0 Å². The fraction of sp³-hybridized carbons (Fsp3) is 0.381. The quantitative estimate of drug-likeness (QED) is 0.344. The predicted molar refractivity (Wildman–Crippen MR) is 132 cm³/mol. The summed E-state index contributed by atoms with van der Waals surface area (Å²) >= 11 is 0. The Hall–Kier alpha value is -1.85. The van der Waals surface area contributed by atoms with Crippen molar-refractivity contribution < 1.29 is 13.2 Å². The number of ether oxygens (including phenoxy) is 1. The van der Waals surface area contributed by atoms with Gasteiger partial charge in [0.2, 0.25) is 10.0 Å². The van der Waals surface area contributed by atoms with E-state index in [1.807, 2.05) is 24.3 Å².